The summed E-state index contributed by atoms with van der Waals surface area (Å²) in [6.45, 7) is 1.84. The van der Waals surface area contributed by atoms with Crippen molar-refractivity contribution in [2.24, 2.45) is 0 Å². The lowest BCUT2D eigenvalue weighted by atomic mass is 10.0. The van der Waals surface area contributed by atoms with Crippen LogP contribution in [0.4, 0.5) is 0 Å². The molecule has 0 spiro atoms. The van der Waals surface area contributed by atoms with Gasteiger partial charge < -0.3 is 10.4 Å². The fourth-order valence-corrected chi connectivity index (χ4v) is 2.15. The van der Waals surface area contributed by atoms with E-state index < -0.39 is 5.97 Å². The summed E-state index contributed by atoms with van der Waals surface area (Å²) in [5.41, 5.74) is 1.92. The van der Waals surface area contributed by atoms with E-state index in [9.17, 15) is 9.59 Å². The molecule has 2 N–H and O–H groups in total. The van der Waals surface area contributed by atoms with Gasteiger partial charge in [0.2, 0.25) is 0 Å². The number of carboxylic acids is 1. The van der Waals surface area contributed by atoms with Crippen molar-refractivity contribution in [1.82, 2.24) is 14.9 Å². The number of aliphatic carboxylic acids is 1. The highest BCUT2D eigenvalue weighted by molar-refractivity contribution is 7.03. The number of hydrogen-bond acceptors (Lipinski definition) is 5. The summed E-state index contributed by atoms with van der Waals surface area (Å²) in [4.78, 5) is 22.4. The van der Waals surface area contributed by atoms with Crippen LogP contribution in [0.1, 0.15) is 34.6 Å². The standard InChI is InChI=1S/C14H13N3O3S/c1-9(15-14(20)12-8-21-17-16-12)11-4-2-3-10(7-11)5-6-13(18)19/h2-9H,1H3,(H,15,20)(H,18,19). The lowest BCUT2D eigenvalue weighted by molar-refractivity contribution is -0.131. The van der Waals surface area contributed by atoms with Gasteiger partial charge in [-0.15, -0.1) is 5.10 Å². The molecule has 0 aliphatic heterocycles. The zero-order chi connectivity index (χ0) is 15.2. The lowest BCUT2D eigenvalue weighted by Crippen LogP contribution is -2.26. The Bertz CT molecular complexity index is 668. The third-order valence-electron chi connectivity index (χ3n) is 2.77. The molecule has 1 amide bonds. The molecular weight excluding hydrogens is 290 g/mol. The lowest BCUT2D eigenvalue weighted by Gasteiger charge is -2.13. The Labute approximate surface area is 125 Å². The van der Waals surface area contributed by atoms with E-state index in [1.807, 2.05) is 25.1 Å². The topological polar surface area (TPSA) is 92.2 Å². The number of benzene rings is 1. The van der Waals surface area contributed by atoms with Crippen LogP contribution in [0.2, 0.25) is 0 Å². The highest BCUT2D eigenvalue weighted by Gasteiger charge is 2.13. The number of amides is 1. The Morgan fingerprint density at radius 3 is 2.90 bits per heavy atom. The van der Waals surface area contributed by atoms with Crippen LogP contribution in [0.15, 0.2) is 35.7 Å². The van der Waals surface area contributed by atoms with Crippen LogP contribution >= 0.6 is 11.5 Å². The highest BCUT2D eigenvalue weighted by Crippen LogP contribution is 2.16. The van der Waals surface area contributed by atoms with Crippen molar-refractivity contribution in [1.29, 1.82) is 0 Å². The summed E-state index contributed by atoms with van der Waals surface area (Å²) in [7, 11) is 0. The van der Waals surface area contributed by atoms with Gasteiger partial charge >= 0.3 is 5.97 Å². The third-order valence-corrected chi connectivity index (χ3v) is 3.27. The second-order valence-electron chi connectivity index (χ2n) is 4.33. The van der Waals surface area contributed by atoms with Crippen LogP contribution in [-0.2, 0) is 4.79 Å². The van der Waals surface area contributed by atoms with E-state index >= 15 is 0 Å². The molecule has 1 aromatic carbocycles. The van der Waals surface area contributed by atoms with Gasteiger partial charge in [0.15, 0.2) is 5.69 Å². The molecule has 0 bridgehead atoms. The van der Waals surface area contributed by atoms with Gasteiger partial charge in [-0.25, -0.2) is 4.79 Å². The molecule has 0 saturated heterocycles. The Balaban J connectivity index is 2.08. The molecule has 1 heterocycles. The van der Waals surface area contributed by atoms with E-state index in [0.717, 1.165) is 28.7 Å². The van der Waals surface area contributed by atoms with Crippen LogP contribution in [0.5, 0.6) is 0 Å². The molecule has 1 atom stereocenters. The summed E-state index contributed by atoms with van der Waals surface area (Å²) in [5, 5.41) is 16.7. The first-order chi connectivity index (χ1) is 10.1. The van der Waals surface area contributed by atoms with Crippen molar-refractivity contribution in [2.75, 3.05) is 0 Å². The summed E-state index contributed by atoms with van der Waals surface area (Å²) in [6, 6.07) is 7.06. The number of aromatic nitrogens is 2. The van der Waals surface area contributed by atoms with Gasteiger partial charge in [0.05, 0.1) is 6.04 Å². The number of carboxylic acid groups (broad SMARTS) is 1. The van der Waals surface area contributed by atoms with Crippen molar-refractivity contribution in [2.45, 2.75) is 13.0 Å². The van der Waals surface area contributed by atoms with Gasteiger partial charge in [-0.05, 0) is 41.7 Å². The van der Waals surface area contributed by atoms with E-state index in [1.165, 1.54) is 6.08 Å². The monoisotopic (exact) mass is 303 g/mol. The SMILES string of the molecule is CC(NC(=O)c1csnn1)c1cccc(C=CC(=O)O)c1. The second-order valence-corrected chi connectivity index (χ2v) is 4.94. The van der Waals surface area contributed by atoms with Crippen molar-refractivity contribution >= 4 is 29.5 Å². The van der Waals surface area contributed by atoms with Crippen molar-refractivity contribution in [3.63, 3.8) is 0 Å². The summed E-state index contributed by atoms with van der Waals surface area (Å²) in [6.07, 6.45) is 2.58. The molecule has 21 heavy (non-hydrogen) atoms. The maximum atomic E-state index is 11.9. The predicted molar refractivity (Wildman–Crippen MR) is 78.9 cm³/mol. The molecule has 0 aliphatic rings. The molecule has 0 saturated carbocycles. The number of nitrogens with zero attached hydrogens (tertiary/aromatic N) is 2. The molecule has 0 aliphatic carbocycles. The molecule has 2 aromatic rings. The van der Waals surface area contributed by atoms with E-state index in [-0.39, 0.29) is 17.6 Å². The zero-order valence-corrected chi connectivity index (χ0v) is 12.0. The normalized spacial score (nSPS) is 12.2. The second kappa shape index (κ2) is 6.76. The molecule has 6 nitrogen and oxygen atoms in total. The van der Waals surface area contributed by atoms with E-state index in [4.69, 9.17) is 5.11 Å². The first-order valence-corrected chi connectivity index (χ1v) is 6.99. The molecule has 0 fully saturated rings. The minimum absolute atomic E-state index is 0.225. The Morgan fingerprint density at radius 2 is 2.24 bits per heavy atom. The van der Waals surface area contributed by atoms with Crippen LogP contribution in [-0.4, -0.2) is 26.6 Å². The number of carbonyl (C=O) groups excluding carboxylic acids is 1. The number of nitrogens with one attached hydrogen (secondary N) is 1. The highest BCUT2D eigenvalue weighted by atomic mass is 32.1. The largest absolute Gasteiger partial charge is 0.478 e. The van der Waals surface area contributed by atoms with Gasteiger partial charge in [-0.3, -0.25) is 4.79 Å². The summed E-state index contributed by atoms with van der Waals surface area (Å²) in [5.74, 6) is -1.29. The first kappa shape index (κ1) is 14.9. The molecule has 2 rings (SSSR count). The maximum absolute atomic E-state index is 11.9. The average Bonchev–Trinajstić information content (AvgIpc) is 2.99. The van der Waals surface area contributed by atoms with E-state index in [1.54, 1.807) is 11.4 Å². The first-order valence-electron chi connectivity index (χ1n) is 6.15. The quantitative estimate of drug-likeness (QED) is 0.825. The number of rotatable bonds is 5. The van der Waals surface area contributed by atoms with Gasteiger partial charge in [0.25, 0.3) is 5.91 Å². The molecule has 7 heteroatoms. The molecule has 1 unspecified atom stereocenters. The summed E-state index contributed by atoms with van der Waals surface area (Å²) < 4.78 is 3.64. The minimum atomic E-state index is -1.00. The third kappa shape index (κ3) is 4.22. The smallest absolute Gasteiger partial charge is 0.328 e. The van der Waals surface area contributed by atoms with Gasteiger partial charge in [-0.2, -0.15) is 0 Å². The fraction of sp³-hybridized carbons (Fsp3) is 0.143. The number of hydrogen-bond donors (Lipinski definition) is 2. The Hall–Kier alpha value is -2.54. The minimum Gasteiger partial charge on any atom is -0.478 e. The van der Waals surface area contributed by atoms with E-state index in [0.29, 0.717) is 0 Å². The maximum Gasteiger partial charge on any atom is 0.328 e. The summed E-state index contributed by atoms with van der Waals surface area (Å²) >= 11 is 1.12. The van der Waals surface area contributed by atoms with Crippen molar-refractivity contribution in [3.05, 3.63) is 52.5 Å². The Kier molecular flexibility index (Phi) is 4.78. The van der Waals surface area contributed by atoms with Gasteiger partial charge in [0, 0.05) is 11.5 Å². The van der Waals surface area contributed by atoms with Crippen molar-refractivity contribution in [3.8, 4) is 0 Å². The van der Waals surface area contributed by atoms with Gasteiger partial charge in [-0.1, -0.05) is 22.7 Å². The predicted octanol–water partition coefficient (Wildman–Crippen LogP) is 2.13. The number of carbonyl (C=O) groups is 2. The Morgan fingerprint density at radius 1 is 1.43 bits per heavy atom. The molecule has 1 aromatic heterocycles. The molecule has 108 valence electrons. The van der Waals surface area contributed by atoms with Crippen LogP contribution in [0, 0.1) is 0 Å². The average molecular weight is 303 g/mol. The molecular formula is C14H13N3O3S. The van der Waals surface area contributed by atoms with Crippen LogP contribution in [0.3, 0.4) is 0 Å². The van der Waals surface area contributed by atoms with E-state index in [2.05, 4.69) is 14.9 Å². The van der Waals surface area contributed by atoms with Crippen LogP contribution in [0.25, 0.3) is 6.08 Å². The fourth-order valence-electron chi connectivity index (χ4n) is 1.72. The van der Waals surface area contributed by atoms with Crippen LogP contribution < -0.4 is 5.32 Å². The zero-order valence-electron chi connectivity index (χ0n) is 11.2. The van der Waals surface area contributed by atoms with Gasteiger partial charge in [0.1, 0.15) is 0 Å². The van der Waals surface area contributed by atoms with Crippen molar-refractivity contribution < 1.29 is 14.7 Å². The molecule has 0 radical (unpaired) electrons.